The molecule has 3 fully saturated rings. The molecule has 1 heterocycles. The van der Waals surface area contributed by atoms with Gasteiger partial charge in [0.1, 0.15) is 0 Å². The molecular weight excluding hydrogens is 324 g/mol. The van der Waals surface area contributed by atoms with Crippen LogP contribution < -0.4 is 5.32 Å². The fraction of sp³-hybridized carbons (Fsp3) is 0.909. The molecule has 0 aromatic heterocycles. The minimum absolute atomic E-state index is 0.229. The van der Waals surface area contributed by atoms with Crippen LogP contribution >= 0.6 is 0 Å². The van der Waals surface area contributed by atoms with Crippen molar-refractivity contribution in [1.29, 1.82) is 0 Å². The van der Waals surface area contributed by atoms with Crippen LogP contribution in [0.15, 0.2) is 0 Å². The van der Waals surface area contributed by atoms with Crippen LogP contribution in [-0.2, 0) is 9.59 Å². The van der Waals surface area contributed by atoms with Crippen molar-refractivity contribution in [3.63, 3.8) is 0 Å². The summed E-state index contributed by atoms with van der Waals surface area (Å²) in [6.07, 6.45) is 16.4. The van der Waals surface area contributed by atoms with E-state index >= 15 is 0 Å². The van der Waals surface area contributed by atoms with E-state index in [0.29, 0.717) is 18.2 Å². The first-order valence-electron chi connectivity index (χ1n) is 11.2. The summed E-state index contributed by atoms with van der Waals surface area (Å²) in [5, 5.41) is 3.14. The van der Waals surface area contributed by atoms with E-state index in [2.05, 4.69) is 10.2 Å². The zero-order valence-corrected chi connectivity index (χ0v) is 16.5. The van der Waals surface area contributed by atoms with Crippen molar-refractivity contribution < 1.29 is 9.59 Å². The maximum atomic E-state index is 12.4. The number of nitrogens with zero attached hydrogens (tertiary/aromatic N) is 1. The highest BCUT2D eigenvalue weighted by molar-refractivity contribution is 5.76. The molecule has 3 aliphatic rings. The van der Waals surface area contributed by atoms with Crippen molar-refractivity contribution in [1.82, 2.24) is 10.2 Å². The van der Waals surface area contributed by atoms with Crippen molar-refractivity contribution in [2.45, 2.75) is 89.9 Å². The summed E-state index contributed by atoms with van der Waals surface area (Å²) in [7, 11) is 0. The molecule has 26 heavy (non-hydrogen) atoms. The van der Waals surface area contributed by atoms with E-state index in [0.717, 1.165) is 63.6 Å². The van der Waals surface area contributed by atoms with Gasteiger partial charge in [-0.1, -0.05) is 51.4 Å². The SMILES string of the molecule is O=C(CCC1CCCC1)NCC1CCN(C(=O)CCC2CCCC2)CC1. The lowest BCUT2D eigenvalue weighted by molar-refractivity contribution is -0.133. The van der Waals surface area contributed by atoms with Crippen molar-refractivity contribution in [2.75, 3.05) is 19.6 Å². The van der Waals surface area contributed by atoms with Gasteiger partial charge in [-0.2, -0.15) is 0 Å². The van der Waals surface area contributed by atoms with Gasteiger partial charge in [-0.15, -0.1) is 0 Å². The fourth-order valence-electron chi connectivity index (χ4n) is 5.15. The quantitative estimate of drug-likeness (QED) is 0.700. The zero-order chi connectivity index (χ0) is 18.2. The molecule has 0 spiro atoms. The van der Waals surface area contributed by atoms with Gasteiger partial charge in [-0.25, -0.2) is 0 Å². The van der Waals surface area contributed by atoms with E-state index in [-0.39, 0.29) is 5.91 Å². The first kappa shape index (κ1) is 19.7. The molecule has 4 heteroatoms. The van der Waals surface area contributed by atoms with E-state index in [1.165, 1.54) is 51.4 Å². The highest BCUT2D eigenvalue weighted by Crippen LogP contribution is 2.29. The Balaban J connectivity index is 1.24. The Kier molecular flexibility index (Phi) is 7.82. The first-order valence-corrected chi connectivity index (χ1v) is 11.2. The third-order valence-corrected chi connectivity index (χ3v) is 7.05. The summed E-state index contributed by atoms with van der Waals surface area (Å²) in [5.41, 5.74) is 0. The number of hydrogen-bond donors (Lipinski definition) is 1. The number of nitrogens with one attached hydrogen (secondary N) is 1. The van der Waals surface area contributed by atoms with E-state index < -0.39 is 0 Å². The van der Waals surface area contributed by atoms with Gasteiger partial charge < -0.3 is 10.2 Å². The lowest BCUT2D eigenvalue weighted by atomic mass is 9.95. The Morgan fingerprint density at radius 2 is 1.27 bits per heavy atom. The Labute approximate surface area is 159 Å². The van der Waals surface area contributed by atoms with Crippen LogP contribution in [0.5, 0.6) is 0 Å². The molecule has 1 aliphatic heterocycles. The monoisotopic (exact) mass is 362 g/mol. The van der Waals surface area contributed by atoms with Gasteiger partial charge in [0, 0.05) is 32.5 Å². The second-order valence-electron chi connectivity index (χ2n) is 9.01. The Morgan fingerprint density at radius 3 is 1.85 bits per heavy atom. The van der Waals surface area contributed by atoms with Gasteiger partial charge in [0.05, 0.1) is 0 Å². The summed E-state index contributed by atoms with van der Waals surface area (Å²) in [6, 6.07) is 0. The van der Waals surface area contributed by atoms with Crippen molar-refractivity contribution in [2.24, 2.45) is 17.8 Å². The Morgan fingerprint density at radius 1 is 0.731 bits per heavy atom. The van der Waals surface area contributed by atoms with E-state index in [4.69, 9.17) is 0 Å². The predicted octanol–water partition coefficient (Wildman–Crippen LogP) is 4.28. The Bertz CT molecular complexity index is 445. The minimum Gasteiger partial charge on any atom is -0.356 e. The molecule has 2 aliphatic carbocycles. The maximum Gasteiger partial charge on any atom is 0.222 e. The molecule has 4 nitrogen and oxygen atoms in total. The fourth-order valence-corrected chi connectivity index (χ4v) is 5.15. The summed E-state index contributed by atoms with van der Waals surface area (Å²) in [6.45, 7) is 2.56. The molecular formula is C22H38N2O2. The molecule has 0 unspecified atom stereocenters. The van der Waals surface area contributed by atoms with Crippen LogP contribution in [0.3, 0.4) is 0 Å². The van der Waals surface area contributed by atoms with Crippen LogP contribution in [0.4, 0.5) is 0 Å². The molecule has 0 radical (unpaired) electrons. The molecule has 3 rings (SSSR count). The number of rotatable bonds is 8. The number of carbonyl (C=O) groups excluding carboxylic acids is 2. The maximum absolute atomic E-state index is 12.4. The minimum atomic E-state index is 0.229. The first-order chi connectivity index (χ1) is 12.7. The van der Waals surface area contributed by atoms with Gasteiger partial charge >= 0.3 is 0 Å². The van der Waals surface area contributed by atoms with Gasteiger partial charge in [0.15, 0.2) is 0 Å². The van der Waals surface area contributed by atoms with Crippen molar-refractivity contribution >= 4 is 11.8 Å². The molecule has 2 saturated carbocycles. The van der Waals surface area contributed by atoms with E-state index in [9.17, 15) is 9.59 Å². The van der Waals surface area contributed by atoms with E-state index in [1.807, 2.05) is 0 Å². The lowest BCUT2D eigenvalue weighted by Crippen LogP contribution is -2.41. The molecule has 0 aromatic rings. The second kappa shape index (κ2) is 10.3. The molecule has 2 amide bonds. The topological polar surface area (TPSA) is 49.4 Å². The van der Waals surface area contributed by atoms with Gasteiger partial charge in [0.2, 0.25) is 11.8 Å². The third kappa shape index (κ3) is 6.28. The van der Waals surface area contributed by atoms with Crippen molar-refractivity contribution in [3.05, 3.63) is 0 Å². The molecule has 1 N–H and O–H groups in total. The average Bonchev–Trinajstić information content (AvgIpc) is 3.37. The van der Waals surface area contributed by atoms with Crippen LogP contribution in [0, 0.1) is 17.8 Å². The highest BCUT2D eigenvalue weighted by atomic mass is 16.2. The summed E-state index contributed by atoms with van der Waals surface area (Å²) < 4.78 is 0. The molecule has 1 saturated heterocycles. The smallest absolute Gasteiger partial charge is 0.222 e. The van der Waals surface area contributed by atoms with E-state index in [1.54, 1.807) is 0 Å². The molecule has 0 aromatic carbocycles. The number of likely N-dealkylation sites (tertiary alicyclic amines) is 1. The largest absolute Gasteiger partial charge is 0.356 e. The summed E-state index contributed by atoms with van der Waals surface area (Å²) >= 11 is 0. The highest BCUT2D eigenvalue weighted by Gasteiger charge is 2.24. The lowest BCUT2D eigenvalue weighted by Gasteiger charge is -2.32. The average molecular weight is 363 g/mol. The predicted molar refractivity (Wildman–Crippen MR) is 105 cm³/mol. The molecule has 0 atom stereocenters. The Hall–Kier alpha value is -1.06. The molecule has 0 bridgehead atoms. The van der Waals surface area contributed by atoms with Crippen LogP contribution in [0.25, 0.3) is 0 Å². The number of hydrogen-bond acceptors (Lipinski definition) is 2. The normalized spacial score (nSPS) is 22.8. The number of piperidine rings is 1. The summed E-state index contributed by atoms with van der Waals surface area (Å²) in [4.78, 5) is 26.5. The zero-order valence-electron chi connectivity index (χ0n) is 16.5. The van der Waals surface area contributed by atoms with Crippen molar-refractivity contribution in [3.8, 4) is 0 Å². The van der Waals surface area contributed by atoms with Crippen LogP contribution in [0.2, 0.25) is 0 Å². The second-order valence-corrected chi connectivity index (χ2v) is 9.01. The van der Waals surface area contributed by atoms with Crippen LogP contribution in [0.1, 0.15) is 89.9 Å². The standard InChI is InChI=1S/C22H38N2O2/c25-21(11-9-18-5-1-2-6-18)23-17-20-13-15-24(16-14-20)22(26)12-10-19-7-3-4-8-19/h18-20H,1-17H2,(H,23,25). The summed E-state index contributed by atoms with van der Waals surface area (Å²) in [5.74, 6) is 2.72. The third-order valence-electron chi connectivity index (χ3n) is 7.05. The molecule has 148 valence electrons. The number of amides is 2. The van der Waals surface area contributed by atoms with Gasteiger partial charge in [0.25, 0.3) is 0 Å². The van der Waals surface area contributed by atoms with Crippen LogP contribution in [-0.4, -0.2) is 36.3 Å². The number of carbonyl (C=O) groups is 2. The van der Waals surface area contributed by atoms with Gasteiger partial charge in [-0.05, 0) is 43.4 Å². The van der Waals surface area contributed by atoms with Gasteiger partial charge in [-0.3, -0.25) is 9.59 Å².